The zero-order chi connectivity index (χ0) is 28.5. The van der Waals surface area contributed by atoms with E-state index >= 15 is 0 Å². The first-order chi connectivity index (χ1) is 19.4. The molecule has 0 bridgehead atoms. The Hall–Kier alpha value is -2.81. The Morgan fingerprint density at radius 3 is 2.70 bits per heavy atom. The summed E-state index contributed by atoms with van der Waals surface area (Å²) >= 11 is 6.85. The molecule has 2 saturated heterocycles. The van der Waals surface area contributed by atoms with Gasteiger partial charge in [0.1, 0.15) is 0 Å². The molecule has 40 heavy (non-hydrogen) atoms. The second kappa shape index (κ2) is 14.2. The number of hydrogen-bond donors (Lipinski definition) is 4. The van der Waals surface area contributed by atoms with E-state index in [-0.39, 0.29) is 18.0 Å². The summed E-state index contributed by atoms with van der Waals surface area (Å²) in [6.07, 6.45) is 4.73. The van der Waals surface area contributed by atoms with E-state index in [1.807, 2.05) is 35.2 Å². The zero-order valence-corrected chi connectivity index (χ0v) is 24.4. The molecule has 2 aliphatic rings. The van der Waals surface area contributed by atoms with Crippen LogP contribution in [0.1, 0.15) is 56.6 Å². The van der Waals surface area contributed by atoms with Crippen molar-refractivity contribution in [1.82, 2.24) is 20.9 Å². The van der Waals surface area contributed by atoms with Crippen LogP contribution in [-0.4, -0.2) is 68.0 Å². The average molecular weight is 571 g/mol. The van der Waals surface area contributed by atoms with E-state index in [1.165, 1.54) is 12.7 Å². The van der Waals surface area contributed by atoms with Gasteiger partial charge in [0.15, 0.2) is 0 Å². The van der Waals surface area contributed by atoms with Crippen LogP contribution in [0.3, 0.4) is 0 Å². The smallest absolute Gasteiger partial charge is 0.406 e. The number of carbonyl (C=O) groups excluding carboxylic acids is 2. The number of aryl methyl sites for hydroxylation is 1. The molecule has 0 saturated carbocycles. The van der Waals surface area contributed by atoms with Gasteiger partial charge < -0.3 is 30.7 Å². The summed E-state index contributed by atoms with van der Waals surface area (Å²) in [5.41, 5.74) is 2.46. The Bertz CT molecular complexity index is 1160. The fourth-order valence-electron chi connectivity index (χ4n) is 6.09. The number of methoxy groups -OCH3 is 1. The van der Waals surface area contributed by atoms with Crippen molar-refractivity contribution in [3.05, 3.63) is 58.6 Å². The quantitative estimate of drug-likeness (QED) is 0.315. The predicted molar refractivity (Wildman–Crippen MR) is 159 cm³/mol. The third kappa shape index (κ3) is 7.28. The van der Waals surface area contributed by atoms with Gasteiger partial charge in [-0.25, -0.2) is 9.59 Å². The van der Waals surface area contributed by atoms with Crippen molar-refractivity contribution in [1.29, 1.82) is 0 Å². The Balaban J connectivity index is 1.65. The largest absolute Gasteiger partial charge is 0.453 e. The molecule has 2 aromatic rings. The van der Waals surface area contributed by atoms with Gasteiger partial charge in [-0.2, -0.15) is 0 Å². The van der Waals surface area contributed by atoms with Crippen LogP contribution in [0.5, 0.6) is 0 Å². The molecule has 1 unspecified atom stereocenters. The van der Waals surface area contributed by atoms with Crippen LogP contribution in [0.2, 0.25) is 5.02 Å². The van der Waals surface area contributed by atoms with Gasteiger partial charge in [-0.15, -0.1) is 0 Å². The molecule has 0 aromatic heterocycles. The average Bonchev–Trinajstić information content (AvgIpc) is 2.99. The van der Waals surface area contributed by atoms with Gasteiger partial charge in [0, 0.05) is 42.2 Å². The van der Waals surface area contributed by atoms with E-state index in [2.05, 4.69) is 35.0 Å². The molecule has 2 aromatic carbocycles. The Labute approximate surface area is 242 Å². The van der Waals surface area contributed by atoms with Gasteiger partial charge in [0.05, 0.1) is 12.7 Å². The summed E-state index contributed by atoms with van der Waals surface area (Å²) in [5, 5.41) is 22.5. The Morgan fingerprint density at radius 2 is 1.95 bits per heavy atom. The number of likely N-dealkylation sites (tertiary alicyclic amines) is 1. The molecular formula is C31H43ClN4O4. The predicted octanol–water partition coefficient (Wildman–Crippen LogP) is 5.07. The molecule has 2 aliphatic heterocycles. The van der Waals surface area contributed by atoms with E-state index in [0.717, 1.165) is 61.9 Å². The van der Waals surface area contributed by atoms with Crippen molar-refractivity contribution in [2.24, 2.45) is 5.92 Å². The van der Waals surface area contributed by atoms with Crippen molar-refractivity contribution in [3.8, 4) is 11.1 Å². The summed E-state index contributed by atoms with van der Waals surface area (Å²) in [6.45, 7) is 5.39. The first kappa shape index (κ1) is 30.2. The third-order valence-electron chi connectivity index (χ3n) is 8.34. The van der Waals surface area contributed by atoms with Gasteiger partial charge in [0.25, 0.3) is 0 Å². The van der Waals surface area contributed by atoms with Crippen LogP contribution in [0.25, 0.3) is 11.1 Å². The van der Waals surface area contributed by atoms with E-state index < -0.39 is 11.7 Å². The number of rotatable bonds is 9. The summed E-state index contributed by atoms with van der Waals surface area (Å²) in [5.74, 6) is -0.204. The van der Waals surface area contributed by atoms with Crippen LogP contribution in [0.4, 0.5) is 9.59 Å². The number of benzene rings is 2. The maximum absolute atomic E-state index is 13.3. The highest BCUT2D eigenvalue weighted by atomic mass is 35.5. The monoisotopic (exact) mass is 570 g/mol. The number of ether oxygens (including phenoxy) is 1. The molecule has 218 valence electrons. The lowest BCUT2D eigenvalue weighted by Gasteiger charge is -2.44. The maximum Gasteiger partial charge on any atom is 0.406 e. The lowest BCUT2D eigenvalue weighted by molar-refractivity contribution is -0.0548. The van der Waals surface area contributed by atoms with E-state index in [0.29, 0.717) is 37.5 Å². The van der Waals surface area contributed by atoms with Gasteiger partial charge >= 0.3 is 12.1 Å². The minimum absolute atomic E-state index is 0.0618. The van der Waals surface area contributed by atoms with Crippen LogP contribution in [0.15, 0.2) is 42.5 Å². The molecule has 0 radical (unpaired) electrons. The first-order valence-corrected chi connectivity index (χ1v) is 14.9. The number of aliphatic hydroxyl groups is 1. The molecule has 8 nitrogen and oxygen atoms in total. The molecule has 0 aliphatic carbocycles. The molecule has 4 N–H and O–H groups in total. The van der Waals surface area contributed by atoms with Gasteiger partial charge in [0.2, 0.25) is 0 Å². The number of nitrogens with zero attached hydrogens (tertiary/aromatic N) is 1. The second-order valence-electron chi connectivity index (χ2n) is 10.9. The second-order valence-corrected chi connectivity index (χ2v) is 11.3. The number of alkyl carbamates (subject to hydrolysis) is 1. The molecular weight excluding hydrogens is 528 g/mol. The fraction of sp³-hybridized carbons (Fsp3) is 0.548. The van der Waals surface area contributed by atoms with E-state index in [4.69, 9.17) is 16.3 Å². The molecule has 2 atom stereocenters. The third-order valence-corrected chi connectivity index (χ3v) is 8.66. The van der Waals surface area contributed by atoms with Crippen LogP contribution < -0.4 is 16.0 Å². The topological polar surface area (TPSA) is 103 Å². The number of piperidine rings is 2. The lowest BCUT2D eigenvalue weighted by Crippen LogP contribution is -2.53. The van der Waals surface area contributed by atoms with E-state index in [1.54, 1.807) is 0 Å². The number of urea groups is 1. The standard InChI is InChI=1S/C31H43ClN4O4/c1-3-22-8-4-9-23(20-22)28-26(11-5-12-27(28)32)31(39,15-7-16-34-30(38)40-2)24-10-6-19-36(21-24)29(37)35-25-13-17-33-18-14-25/h4-5,8-9,11-12,20,24-25,33,39H,3,6-7,10,13-19,21H2,1-2H3,(H,34,38)(H,35,37)/t24-,31?/m1/s1. The molecule has 9 heteroatoms. The number of nitrogens with one attached hydrogen (secondary N) is 3. The minimum Gasteiger partial charge on any atom is -0.453 e. The normalized spacial score (nSPS) is 19.5. The summed E-state index contributed by atoms with van der Waals surface area (Å²) in [7, 11) is 1.33. The van der Waals surface area contributed by atoms with Gasteiger partial charge in [-0.1, -0.05) is 54.9 Å². The molecule has 4 rings (SSSR count). The van der Waals surface area contributed by atoms with Crippen molar-refractivity contribution in [2.45, 2.75) is 63.5 Å². The SMILES string of the molecule is CCc1cccc(-c2c(Cl)cccc2C(O)(CCCNC(=O)OC)[C@@H]2CCCN(C(=O)NC3CCNCC3)C2)c1. The lowest BCUT2D eigenvalue weighted by atomic mass is 9.72. The number of hydrogen-bond acceptors (Lipinski definition) is 5. The molecule has 2 heterocycles. The highest BCUT2D eigenvalue weighted by Crippen LogP contribution is 2.45. The highest BCUT2D eigenvalue weighted by Gasteiger charge is 2.43. The Kier molecular flexibility index (Phi) is 10.7. The maximum atomic E-state index is 13.3. The van der Waals surface area contributed by atoms with Gasteiger partial charge in [-0.05, 0) is 80.8 Å². The summed E-state index contributed by atoms with van der Waals surface area (Å²) in [4.78, 5) is 26.8. The Morgan fingerprint density at radius 1 is 1.18 bits per heavy atom. The van der Waals surface area contributed by atoms with E-state index in [9.17, 15) is 14.7 Å². The van der Waals surface area contributed by atoms with Gasteiger partial charge in [-0.3, -0.25) is 0 Å². The summed E-state index contributed by atoms with van der Waals surface area (Å²) < 4.78 is 4.72. The summed E-state index contributed by atoms with van der Waals surface area (Å²) in [6, 6.07) is 14.1. The fourth-order valence-corrected chi connectivity index (χ4v) is 6.37. The number of halogens is 1. The number of amides is 3. The van der Waals surface area contributed by atoms with Crippen LogP contribution >= 0.6 is 11.6 Å². The molecule has 3 amide bonds. The van der Waals surface area contributed by atoms with Crippen molar-refractivity contribution < 1.29 is 19.4 Å². The number of carbonyl (C=O) groups is 2. The molecule has 2 fully saturated rings. The van der Waals surface area contributed by atoms with Crippen LogP contribution in [0, 0.1) is 5.92 Å². The van der Waals surface area contributed by atoms with Crippen LogP contribution in [-0.2, 0) is 16.8 Å². The zero-order valence-electron chi connectivity index (χ0n) is 23.7. The van der Waals surface area contributed by atoms with Crippen molar-refractivity contribution >= 4 is 23.7 Å². The van der Waals surface area contributed by atoms with Crippen molar-refractivity contribution in [2.75, 3.05) is 39.8 Å². The minimum atomic E-state index is -1.27. The first-order valence-electron chi connectivity index (χ1n) is 14.5. The molecule has 0 spiro atoms. The highest BCUT2D eigenvalue weighted by molar-refractivity contribution is 6.33. The van der Waals surface area contributed by atoms with Crippen molar-refractivity contribution in [3.63, 3.8) is 0 Å².